The minimum atomic E-state index is -2.85. The number of Topliss-reactive ketones (excluding diaryl/α,β-unsaturated/α-hetero) is 1. The SMILES string of the molecule is CC1(C)C(=O)CCN1C1CCS(=O)(=O)C1. The average molecular weight is 231 g/mol. The van der Waals surface area contributed by atoms with Crippen LogP contribution in [-0.4, -0.2) is 48.7 Å². The molecule has 2 rings (SSSR count). The summed E-state index contributed by atoms with van der Waals surface area (Å²) in [4.78, 5) is 13.7. The van der Waals surface area contributed by atoms with Gasteiger partial charge in [-0.25, -0.2) is 8.42 Å². The number of nitrogens with zero attached hydrogens (tertiary/aromatic N) is 1. The Labute approximate surface area is 90.6 Å². The van der Waals surface area contributed by atoms with Gasteiger partial charge in [0.1, 0.15) is 0 Å². The Morgan fingerprint density at radius 3 is 2.47 bits per heavy atom. The topological polar surface area (TPSA) is 54.5 Å². The van der Waals surface area contributed by atoms with Gasteiger partial charge in [0.25, 0.3) is 0 Å². The molecular weight excluding hydrogens is 214 g/mol. The highest BCUT2D eigenvalue weighted by atomic mass is 32.2. The highest BCUT2D eigenvalue weighted by molar-refractivity contribution is 7.91. The second kappa shape index (κ2) is 3.28. The molecule has 1 atom stereocenters. The van der Waals surface area contributed by atoms with Gasteiger partial charge in [-0.15, -0.1) is 0 Å². The van der Waals surface area contributed by atoms with Gasteiger partial charge in [0.05, 0.1) is 17.0 Å². The van der Waals surface area contributed by atoms with Crippen molar-refractivity contribution in [2.45, 2.75) is 38.3 Å². The molecule has 0 aromatic carbocycles. The number of hydrogen-bond acceptors (Lipinski definition) is 4. The number of carbonyl (C=O) groups excluding carboxylic acids is 1. The monoisotopic (exact) mass is 231 g/mol. The van der Waals surface area contributed by atoms with Crippen molar-refractivity contribution in [3.8, 4) is 0 Å². The van der Waals surface area contributed by atoms with Crippen molar-refractivity contribution >= 4 is 15.6 Å². The molecule has 2 fully saturated rings. The van der Waals surface area contributed by atoms with Crippen molar-refractivity contribution in [1.82, 2.24) is 4.90 Å². The maximum Gasteiger partial charge on any atom is 0.153 e. The zero-order valence-electron chi connectivity index (χ0n) is 9.19. The molecule has 0 aromatic rings. The van der Waals surface area contributed by atoms with E-state index in [2.05, 4.69) is 4.90 Å². The standard InChI is InChI=1S/C10H17NO3S/c1-10(2)9(12)3-5-11(10)8-4-6-15(13,14)7-8/h8H,3-7H2,1-2H3. The van der Waals surface area contributed by atoms with E-state index in [9.17, 15) is 13.2 Å². The molecule has 0 saturated carbocycles. The zero-order chi connectivity index (χ0) is 11.3. The van der Waals surface area contributed by atoms with E-state index in [1.807, 2.05) is 13.8 Å². The number of hydrogen-bond donors (Lipinski definition) is 0. The first-order valence-corrected chi connectivity index (χ1v) is 7.15. The van der Waals surface area contributed by atoms with Crippen LogP contribution in [0.15, 0.2) is 0 Å². The lowest BCUT2D eigenvalue weighted by Crippen LogP contribution is -2.49. The molecule has 2 heterocycles. The number of ketones is 1. The molecule has 2 aliphatic heterocycles. The van der Waals surface area contributed by atoms with Gasteiger partial charge in [0.2, 0.25) is 0 Å². The van der Waals surface area contributed by atoms with Crippen LogP contribution in [0.2, 0.25) is 0 Å². The Kier molecular flexibility index (Phi) is 2.43. The van der Waals surface area contributed by atoms with Gasteiger partial charge in [-0.2, -0.15) is 0 Å². The summed E-state index contributed by atoms with van der Waals surface area (Å²) in [5, 5.41) is 0. The fourth-order valence-corrected chi connectivity index (χ4v) is 4.36. The van der Waals surface area contributed by atoms with E-state index in [-0.39, 0.29) is 23.3 Å². The van der Waals surface area contributed by atoms with Crippen LogP contribution in [-0.2, 0) is 14.6 Å². The summed E-state index contributed by atoms with van der Waals surface area (Å²) in [7, 11) is -2.85. The van der Waals surface area contributed by atoms with E-state index in [0.717, 1.165) is 0 Å². The molecule has 0 bridgehead atoms. The lowest BCUT2D eigenvalue weighted by molar-refractivity contribution is -0.124. The fraction of sp³-hybridized carbons (Fsp3) is 0.900. The van der Waals surface area contributed by atoms with E-state index >= 15 is 0 Å². The molecule has 15 heavy (non-hydrogen) atoms. The van der Waals surface area contributed by atoms with E-state index in [4.69, 9.17) is 0 Å². The van der Waals surface area contributed by atoms with Crippen molar-refractivity contribution in [2.24, 2.45) is 0 Å². The van der Waals surface area contributed by atoms with Crippen LogP contribution in [0.4, 0.5) is 0 Å². The maximum absolute atomic E-state index is 11.6. The first-order valence-electron chi connectivity index (χ1n) is 5.33. The van der Waals surface area contributed by atoms with Gasteiger partial charge in [0.15, 0.2) is 15.6 Å². The molecule has 0 radical (unpaired) electrons. The summed E-state index contributed by atoms with van der Waals surface area (Å²) in [5.41, 5.74) is -0.468. The van der Waals surface area contributed by atoms with E-state index < -0.39 is 15.4 Å². The van der Waals surface area contributed by atoms with Gasteiger partial charge in [-0.3, -0.25) is 9.69 Å². The number of carbonyl (C=O) groups is 1. The Morgan fingerprint density at radius 2 is 2.07 bits per heavy atom. The van der Waals surface area contributed by atoms with Crippen LogP contribution in [0.5, 0.6) is 0 Å². The Hall–Kier alpha value is -0.420. The second-order valence-corrected chi connectivity index (χ2v) is 7.21. The molecule has 2 saturated heterocycles. The second-order valence-electron chi connectivity index (χ2n) is 4.98. The van der Waals surface area contributed by atoms with Crippen molar-refractivity contribution in [3.05, 3.63) is 0 Å². The predicted octanol–water partition coefficient (Wildman–Crippen LogP) is 0.227. The Balaban J connectivity index is 2.17. The van der Waals surface area contributed by atoms with Gasteiger partial charge in [0, 0.05) is 19.0 Å². The summed E-state index contributed by atoms with van der Waals surface area (Å²) in [6.45, 7) is 4.51. The first kappa shape index (κ1) is 11.1. The highest BCUT2D eigenvalue weighted by Gasteiger charge is 2.46. The minimum Gasteiger partial charge on any atom is -0.298 e. The number of sulfone groups is 1. The van der Waals surface area contributed by atoms with Crippen LogP contribution in [0, 0.1) is 0 Å². The molecule has 0 aliphatic carbocycles. The summed E-state index contributed by atoms with van der Waals surface area (Å²) in [6, 6.07) is 0.0523. The predicted molar refractivity (Wildman–Crippen MR) is 57.5 cm³/mol. The zero-order valence-corrected chi connectivity index (χ0v) is 10.0. The summed E-state index contributed by atoms with van der Waals surface area (Å²) < 4.78 is 22.8. The fourth-order valence-electron chi connectivity index (χ4n) is 2.63. The van der Waals surface area contributed by atoms with Crippen molar-refractivity contribution < 1.29 is 13.2 Å². The molecule has 2 aliphatic rings. The smallest absolute Gasteiger partial charge is 0.153 e. The number of likely N-dealkylation sites (tertiary alicyclic amines) is 1. The molecule has 0 aromatic heterocycles. The van der Waals surface area contributed by atoms with Crippen molar-refractivity contribution in [2.75, 3.05) is 18.1 Å². The van der Waals surface area contributed by atoms with Crippen LogP contribution in [0.1, 0.15) is 26.7 Å². The Bertz CT molecular complexity index is 385. The summed E-state index contributed by atoms with van der Waals surface area (Å²) >= 11 is 0. The summed E-state index contributed by atoms with van der Waals surface area (Å²) in [6.07, 6.45) is 1.24. The quantitative estimate of drug-likeness (QED) is 0.648. The highest BCUT2D eigenvalue weighted by Crippen LogP contribution is 2.31. The van der Waals surface area contributed by atoms with Crippen molar-refractivity contribution in [3.63, 3.8) is 0 Å². The normalized spacial score (nSPS) is 34.8. The minimum absolute atomic E-state index is 0.0523. The Morgan fingerprint density at radius 1 is 1.40 bits per heavy atom. The molecule has 5 heteroatoms. The molecule has 0 amide bonds. The lowest BCUT2D eigenvalue weighted by atomic mass is 9.99. The third-order valence-corrected chi connectivity index (χ3v) is 5.38. The third-order valence-electron chi connectivity index (χ3n) is 3.63. The summed E-state index contributed by atoms with van der Waals surface area (Å²) in [5.74, 6) is 0.731. The van der Waals surface area contributed by atoms with Crippen LogP contribution < -0.4 is 0 Å². The van der Waals surface area contributed by atoms with Crippen molar-refractivity contribution in [1.29, 1.82) is 0 Å². The van der Waals surface area contributed by atoms with Gasteiger partial charge < -0.3 is 0 Å². The molecule has 1 unspecified atom stereocenters. The van der Waals surface area contributed by atoms with Crippen LogP contribution in [0.25, 0.3) is 0 Å². The lowest BCUT2D eigenvalue weighted by Gasteiger charge is -2.34. The van der Waals surface area contributed by atoms with E-state index in [1.165, 1.54) is 0 Å². The molecule has 4 nitrogen and oxygen atoms in total. The largest absolute Gasteiger partial charge is 0.298 e. The van der Waals surface area contributed by atoms with Crippen LogP contribution >= 0.6 is 0 Å². The number of rotatable bonds is 1. The maximum atomic E-state index is 11.6. The molecule has 0 spiro atoms. The van der Waals surface area contributed by atoms with E-state index in [1.54, 1.807) is 0 Å². The first-order chi connectivity index (χ1) is 6.83. The van der Waals surface area contributed by atoms with Crippen LogP contribution in [0.3, 0.4) is 0 Å². The van der Waals surface area contributed by atoms with Gasteiger partial charge in [-0.1, -0.05) is 0 Å². The molecule has 86 valence electrons. The molecule has 0 N–H and O–H groups in total. The average Bonchev–Trinajstić information content (AvgIpc) is 2.56. The van der Waals surface area contributed by atoms with Gasteiger partial charge in [-0.05, 0) is 20.3 Å². The van der Waals surface area contributed by atoms with Gasteiger partial charge >= 0.3 is 0 Å². The molecular formula is C10H17NO3S. The third kappa shape index (κ3) is 1.83. The van der Waals surface area contributed by atoms with E-state index in [0.29, 0.717) is 19.4 Å².